The molecule has 1 aliphatic heterocycles. The molecule has 1 heterocycles. The first-order valence-electron chi connectivity index (χ1n) is 7.35. The number of amides is 2. The first kappa shape index (κ1) is 13.2. The molecule has 4 heteroatoms. The van der Waals surface area contributed by atoms with Gasteiger partial charge in [-0.05, 0) is 49.4 Å². The minimum atomic E-state index is 0.0936. The molecular weight excluding hydrogens is 252 g/mol. The summed E-state index contributed by atoms with van der Waals surface area (Å²) in [5, 5.41) is 2.91. The van der Waals surface area contributed by atoms with Gasteiger partial charge in [-0.1, -0.05) is 6.92 Å². The van der Waals surface area contributed by atoms with Crippen LogP contribution in [0.1, 0.15) is 36.5 Å². The van der Waals surface area contributed by atoms with Crippen LogP contribution in [0.4, 0.5) is 5.69 Å². The zero-order valence-electron chi connectivity index (χ0n) is 11.8. The summed E-state index contributed by atoms with van der Waals surface area (Å²) in [7, 11) is 0. The summed E-state index contributed by atoms with van der Waals surface area (Å²) in [6.45, 7) is 3.80. The largest absolute Gasteiger partial charge is 0.339 e. The molecule has 0 spiro atoms. The highest BCUT2D eigenvalue weighted by molar-refractivity contribution is 5.97. The molecule has 0 unspecified atom stereocenters. The van der Waals surface area contributed by atoms with Gasteiger partial charge in [0.25, 0.3) is 5.91 Å². The summed E-state index contributed by atoms with van der Waals surface area (Å²) in [4.78, 5) is 25.9. The van der Waals surface area contributed by atoms with Crippen LogP contribution < -0.4 is 5.32 Å². The summed E-state index contributed by atoms with van der Waals surface area (Å²) in [5.74, 6) is 0.860. The number of benzene rings is 1. The summed E-state index contributed by atoms with van der Waals surface area (Å²) in [6.07, 6.45) is 3.18. The van der Waals surface area contributed by atoms with Gasteiger partial charge in [-0.25, -0.2) is 0 Å². The SMILES string of the molecule is C[C@H]1C[C@@H]1C(=O)Nc1ccc(C(=O)N2CCCC2)cc1. The van der Waals surface area contributed by atoms with Gasteiger partial charge in [-0.2, -0.15) is 0 Å². The molecule has 1 saturated carbocycles. The lowest BCUT2D eigenvalue weighted by molar-refractivity contribution is -0.117. The van der Waals surface area contributed by atoms with E-state index in [0.29, 0.717) is 11.5 Å². The molecule has 4 nitrogen and oxygen atoms in total. The van der Waals surface area contributed by atoms with Crippen molar-refractivity contribution in [1.29, 1.82) is 0 Å². The third-order valence-corrected chi connectivity index (χ3v) is 4.24. The first-order valence-corrected chi connectivity index (χ1v) is 7.35. The van der Waals surface area contributed by atoms with Crippen molar-refractivity contribution in [3.05, 3.63) is 29.8 Å². The van der Waals surface area contributed by atoms with Crippen LogP contribution >= 0.6 is 0 Å². The van der Waals surface area contributed by atoms with Crippen LogP contribution in [0, 0.1) is 11.8 Å². The van der Waals surface area contributed by atoms with Gasteiger partial charge in [0, 0.05) is 30.3 Å². The number of carbonyl (C=O) groups excluding carboxylic acids is 2. The van der Waals surface area contributed by atoms with Crippen LogP contribution in [0.15, 0.2) is 24.3 Å². The smallest absolute Gasteiger partial charge is 0.253 e. The molecular formula is C16H20N2O2. The van der Waals surface area contributed by atoms with Gasteiger partial charge in [0.15, 0.2) is 0 Å². The Kier molecular flexibility index (Phi) is 3.47. The Morgan fingerprint density at radius 3 is 2.30 bits per heavy atom. The van der Waals surface area contributed by atoms with Gasteiger partial charge in [0.2, 0.25) is 5.91 Å². The van der Waals surface area contributed by atoms with Crippen LogP contribution in [0.5, 0.6) is 0 Å². The summed E-state index contributed by atoms with van der Waals surface area (Å²) < 4.78 is 0. The predicted molar refractivity (Wildman–Crippen MR) is 77.5 cm³/mol. The van der Waals surface area contributed by atoms with Crippen molar-refractivity contribution in [2.45, 2.75) is 26.2 Å². The second kappa shape index (κ2) is 5.27. The lowest BCUT2D eigenvalue weighted by Gasteiger charge is -2.15. The average Bonchev–Trinajstić information content (AvgIpc) is 2.97. The van der Waals surface area contributed by atoms with Crippen LogP contribution in [0.2, 0.25) is 0 Å². The lowest BCUT2D eigenvalue weighted by Crippen LogP contribution is -2.27. The Bertz CT molecular complexity index is 518. The third kappa shape index (κ3) is 2.69. The van der Waals surface area contributed by atoms with E-state index >= 15 is 0 Å². The Morgan fingerprint density at radius 2 is 1.75 bits per heavy atom. The third-order valence-electron chi connectivity index (χ3n) is 4.24. The number of nitrogens with one attached hydrogen (secondary N) is 1. The molecule has 1 aromatic rings. The van der Waals surface area contributed by atoms with Crippen LogP contribution in [-0.2, 0) is 4.79 Å². The molecule has 2 atom stereocenters. The molecule has 3 rings (SSSR count). The van der Waals surface area contributed by atoms with Crippen molar-refractivity contribution in [1.82, 2.24) is 4.90 Å². The van der Waals surface area contributed by atoms with E-state index in [1.54, 1.807) is 12.1 Å². The Morgan fingerprint density at radius 1 is 1.15 bits per heavy atom. The van der Waals surface area contributed by atoms with E-state index in [4.69, 9.17) is 0 Å². The van der Waals surface area contributed by atoms with Crippen molar-refractivity contribution in [3.63, 3.8) is 0 Å². The van der Waals surface area contributed by atoms with Crippen LogP contribution in [0.3, 0.4) is 0 Å². The minimum Gasteiger partial charge on any atom is -0.339 e. The molecule has 106 valence electrons. The molecule has 2 fully saturated rings. The number of carbonyl (C=O) groups is 2. The van der Waals surface area contributed by atoms with E-state index in [9.17, 15) is 9.59 Å². The summed E-state index contributed by atoms with van der Waals surface area (Å²) >= 11 is 0. The number of hydrogen-bond acceptors (Lipinski definition) is 2. The molecule has 20 heavy (non-hydrogen) atoms. The van der Waals surface area contributed by atoms with E-state index in [-0.39, 0.29) is 17.7 Å². The molecule has 1 N–H and O–H groups in total. The van der Waals surface area contributed by atoms with Gasteiger partial charge in [0.1, 0.15) is 0 Å². The number of nitrogens with zero attached hydrogens (tertiary/aromatic N) is 1. The molecule has 2 amide bonds. The topological polar surface area (TPSA) is 49.4 Å². The molecule has 0 radical (unpaired) electrons. The minimum absolute atomic E-state index is 0.0936. The zero-order chi connectivity index (χ0) is 14.1. The molecule has 0 aromatic heterocycles. The van der Waals surface area contributed by atoms with Crippen molar-refractivity contribution in [2.75, 3.05) is 18.4 Å². The Hall–Kier alpha value is -1.84. The maximum Gasteiger partial charge on any atom is 0.253 e. The van der Waals surface area contributed by atoms with Gasteiger partial charge in [-0.3, -0.25) is 9.59 Å². The van der Waals surface area contributed by atoms with E-state index < -0.39 is 0 Å². The Balaban J connectivity index is 1.62. The predicted octanol–water partition coefficient (Wildman–Crippen LogP) is 2.52. The van der Waals surface area contributed by atoms with E-state index in [0.717, 1.165) is 38.0 Å². The highest BCUT2D eigenvalue weighted by Gasteiger charge is 2.39. The van der Waals surface area contributed by atoms with Crippen LogP contribution in [-0.4, -0.2) is 29.8 Å². The second-order valence-electron chi connectivity index (χ2n) is 5.89. The fourth-order valence-electron chi connectivity index (χ4n) is 2.72. The summed E-state index contributed by atoms with van der Waals surface area (Å²) in [6, 6.07) is 7.22. The summed E-state index contributed by atoms with van der Waals surface area (Å²) in [5.41, 5.74) is 1.47. The second-order valence-corrected chi connectivity index (χ2v) is 5.89. The van der Waals surface area contributed by atoms with Crippen LogP contribution in [0.25, 0.3) is 0 Å². The molecule has 1 saturated heterocycles. The molecule has 1 aliphatic carbocycles. The number of anilines is 1. The maximum atomic E-state index is 12.2. The monoisotopic (exact) mass is 272 g/mol. The normalized spacial score (nSPS) is 24.6. The van der Waals surface area contributed by atoms with Gasteiger partial charge < -0.3 is 10.2 Å². The first-order chi connectivity index (χ1) is 9.65. The lowest BCUT2D eigenvalue weighted by atomic mass is 10.2. The molecule has 1 aromatic carbocycles. The van der Waals surface area contributed by atoms with Gasteiger partial charge >= 0.3 is 0 Å². The van der Waals surface area contributed by atoms with E-state index in [1.165, 1.54) is 0 Å². The maximum absolute atomic E-state index is 12.2. The number of likely N-dealkylation sites (tertiary alicyclic amines) is 1. The Labute approximate surface area is 119 Å². The number of rotatable bonds is 3. The van der Waals surface area contributed by atoms with Crippen molar-refractivity contribution < 1.29 is 9.59 Å². The highest BCUT2D eigenvalue weighted by atomic mass is 16.2. The van der Waals surface area contributed by atoms with Crippen molar-refractivity contribution in [3.8, 4) is 0 Å². The molecule has 2 aliphatic rings. The van der Waals surface area contributed by atoms with Crippen molar-refractivity contribution in [2.24, 2.45) is 11.8 Å². The fourth-order valence-corrected chi connectivity index (χ4v) is 2.72. The molecule has 0 bridgehead atoms. The zero-order valence-corrected chi connectivity index (χ0v) is 11.8. The van der Waals surface area contributed by atoms with Gasteiger partial charge in [-0.15, -0.1) is 0 Å². The fraction of sp³-hybridized carbons (Fsp3) is 0.500. The van der Waals surface area contributed by atoms with E-state index in [2.05, 4.69) is 12.2 Å². The average molecular weight is 272 g/mol. The quantitative estimate of drug-likeness (QED) is 0.919. The number of hydrogen-bond donors (Lipinski definition) is 1. The highest BCUT2D eigenvalue weighted by Crippen LogP contribution is 2.38. The van der Waals surface area contributed by atoms with Crippen molar-refractivity contribution >= 4 is 17.5 Å². The van der Waals surface area contributed by atoms with Gasteiger partial charge in [0.05, 0.1) is 0 Å². The van der Waals surface area contributed by atoms with E-state index in [1.807, 2.05) is 17.0 Å². The standard InChI is InChI=1S/C16H20N2O2/c1-11-10-14(11)15(19)17-13-6-4-12(5-7-13)16(20)18-8-2-3-9-18/h4-7,11,14H,2-3,8-10H2,1H3,(H,17,19)/t11-,14-/m0/s1.